The fourth-order valence-electron chi connectivity index (χ4n) is 1.67. The molecule has 1 aromatic carbocycles. The lowest BCUT2D eigenvalue weighted by Crippen LogP contribution is -2.21. The number of nitrogens with one attached hydrogen (secondary N) is 2. The van der Waals surface area contributed by atoms with Crippen LogP contribution in [-0.4, -0.2) is 29.8 Å². The number of benzene rings is 1. The smallest absolute Gasteiger partial charge is 0.129 e. The van der Waals surface area contributed by atoms with Gasteiger partial charge in [-0.3, -0.25) is 5.41 Å². The van der Waals surface area contributed by atoms with Crippen LogP contribution in [0.4, 0.5) is 0 Å². The zero-order valence-electron chi connectivity index (χ0n) is 9.26. The Bertz CT molecular complexity index is 509. The van der Waals surface area contributed by atoms with Gasteiger partial charge in [-0.2, -0.15) is 0 Å². The first kappa shape index (κ1) is 9.77. The number of hydrogen-bond donors (Lipinski definition) is 2. The number of aryl methyl sites for hydroxylation is 1. The number of fused-ring (bicyclic) bond motifs is 1. The van der Waals surface area contributed by atoms with E-state index in [2.05, 4.69) is 30.1 Å². The van der Waals surface area contributed by atoms with Crippen molar-refractivity contribution in [3.63, 3.8) is 0 Å². The molecule has 0 amide bonds. The van der Waals surface area contributed by atoms with E-state index in [1.54, 1.807) is 0 Å². The number of nitrogens with zero attached hydrogens (tertiary/aromatic N) is 1. The standard InChI is InChI=1S/C12H15N3/c1-8-4-5-11-9(6-8)10(7-14-11)12(13)15(2)3/h4-7,13-14H,1-3H3. The third-order valence-electron chi connectivity index (χ3n) is 2.54. The summed E-state index contributed by atoms with van der Waals surface area (Å²) in [7, 11) is 3.77. The van der Waals surface area contributed by atoms with Gasteiger partial charge in [0, 0.05) is 36.8 Å². The summed E-state index contributed by atoms with van der Waals surface area (Å²) in [6.45, 7) is 2.06. The fraction of sp³-hybridized carbons (Fsp3) is 0.250. The van der Waals surface area contributed by atoms with Crippen LogP contribution in [0.1, 0.15) is 11.1 Å². The van der Waals surface area contributed by atoms with Crippen molar-refractivity contribution in [2.24, 2.45) is 0 Å². The van der Waals surface area contributed by atoms with Gasteiger partial charge in [-0.15, -0.1) is 0 Å². The minimum absolute atomic E-state index is 0.534. The van der Waals surface area contributed by atoms with Crippen molar-refractivity contribution in [2.75, 3.05) is 14.1 Å². The lowest BCUT2D eigenvalue weighted by Gasteiger charge is -2.12. The van der Waals surface area contributed by atoms with Crippen molar-refractivity contribution in [3.8, 4) is 0 Å². The first-order valence-corrected chi connectivity index (χ1v) is 4.93. The van der Waals surface area contributed by atoms with E-state index < -0.39 is 0 Å². The Hall–Kier alpha value is -1.77. The van der Waals surface area contributed by atoms with Gasteiger partial charge in [-0.05, 0) is 19.1 Å². The van der Waals surface area contributed by atoms with E-state index in [1.807, 2.05) is 25.2 Å². The summed E-state index contributed by atoms with van der Waals surface area (Å²) in [5, 5.41) is 9.08. The van der Waals surface area contributed by atoms with Crippen LogP contribution in [0.5, 0.6) is 0 Å². The molecule has 0 aliphatic rings. The fourth-order valence-corrected chi connectivity index (χ4v) is 1.67. The maximum Gasteiger partial charge on any atom is 0.129 e. The number of aromatic nitrogens is 1. The predicted molar refractivity (Wildman–Crippen MR) is 63.6 cm³/mol. The Morgan fingerprint density at radius 3 is 2.73 bits per heavy atom. The van der Waals surface area contributed by atoms with Crippen molar-refractivity contribution in [1.29, 1.82) is 5.41 Å². The molecule has 0 bridgehead atoms. The third kappa shape index (κ3) is 1.61. The number of H-pyrrole nitrogens is 1. The van der Waals surface area contributed by atoms with Crippen LogP contribution in [0.15, 0.2) is 24.4 Å². The highest BCUT2D eigenvalue weighted by atomic mass is 15.1. The molecule has 2 aromatic rings. The largest absolute Gasteiger partial charge is 0.363 e. The summed E-state index contributed by atoms with van der Waals surface area (Å²) in [5.41, 5.74) is 3.26. The number of hydrogen-bond acceptors (Lipinski definition) is 1. The summed E-state index contributed by atoms with van der Waals surface area (Å²) in [4.78, 5) is 4.99. The van der Waals surface area contributed by atoms with Crippen molar-refractivity contribution < 1.29 is 0 Å². The molecule has 0 radical (unpaired) electrons. The van der Waals surface area contributed by atoms with Gasteiger partial charge in [0.1, 0.15) is 5.84 Å². The first-order valence-electron chi connectivity index (χ1n) is 4.93. The number of amidine groups is 1. The van der Waals surface area contributed by atoms with E-state index in [4.69, 9.17) is 5.41 Å². The van der Waals surface area contributed by atoms with Crippen molar-refractivity contribution in [1.82, 2.24) is 9.88 Å². The highest BCUT2D eigenvalue weighted by Gasteiger charge is 2.09. The summed E-state index contributed by atoms with van der Waals surface area (Å²) in [6.07, 6.45) is 1.90. The summed E-state index contributed by atoms with van der Waals surface area (Å²) >= 11 is 0. The lowest BCUT2D eigenvalue weighted by molar-refractivity contribution is 0.620. The zero-order chi connectivity index (χ0) is 11.0. The van der Waals surface area contributed by atoms with Crippen molar-refractivity contribution in [3.05, 3.63) is 35.5 Å². The van der Waals surface area contributed by atoms with Gasteiger partial charge < -0.3 is 9.88 Å². The molecule has 0 unspecified atom stereocenters. The van der Waals surface area contributed by atoms with Crippen LogP contribution < -0.4 is 0 Å². The maximum atomic E-state index is 7.96. The highest BCUT2D eigenvalue weighted by Crippen LogP contribution is 2.20. The normalized spacial score (nSPS) is 10.6. The molecule has 0 saturated carbocycles. The SMILES string of the molecule is Cc1ccc2[nH]cc(C(=N)N(C)C)c2c1. The Morgan fingerprint density at radius 1 is 1.33 bits per heavy atom. The molecule has 3 heteroatoms. The molecular weight excluding hydrogens is 186 g/mol. The molecule has 2 rings (SSSR count). The van der Waals surface area contributed by atoms with E-state index in [1.165, 1.54) is 5.56 Å². The Balaban J connectivity index is 2.62. The lowest BCUT2D eigenvalue weighted by atomic mass is 10.1. The third-order valence-corrected chi connectivity index (χ3v) is 2.54. The van der Waals surface area contributed by atoms with E-state index in [0.717, 1.165) is 16.5 Å². The topological polar surface area (TPSA) is 42.9 Å². The molecule has 1 aromatic heterocycles. The average Bonchev–Trinajstić information content (AvgIpc) is 2.59. The minimum Gasteiger partial charge on any atom is -0.363 e. The van der Waals surface area contributed by atoms with E-state index in [0.29, 0.717) is 5.84 Å². The molecule has 3 nitrogen and oxygen atoms in total. The van der Waals surface area contributed by atoms with Crippen LogP contribution in [0.3, 0.4) is 0 Å². The molecular formula is C12H15N3. The van der Waals surface area contributed by atoms with Gasteiger partial charge in [-0.25, -0.2) is 0 Å². The van der Waals surface area contributed by atoms with Gasteiger partial charge in [0.15, 0.2) is 0 Å². The van der Waals surface area contributed by atoms with E-state index >= 15 is 0 Å². The minimum atomic E-state index is 0.534. The van der Waals surface area contributed by atoms with Gasteiger partial charge in [0.25, 0.3) is 0 Å². The molecule has 0 saturated heterocycles. The zero-order valence-corrected chi connectivity index (χ0v) is 9.26. The van der Waals surface area contributed by atoms with Crippen LogP contribution in [0, 0.1) is 12.3 Å². The second-order valence-corrected chi connectivity index (χ2v) is 3.99. The molecule has 0 fully saturated rings. The van der Waals surface area contributed by atoms with Gasteiger partial charge in [-0.1, -0.05) is 11.6 Å². The number of rotatable bonds is 1. The Kier molecular flexibility index (Phi) is 2.23. The van der Waals surface area contributed by atoms with Crippen LogP contribution in [0.25, 0.3) is 10.9 Å². The Labute approximate surface area is 89.2 Å². The average molecular weight is 201 g/mol. The quantitative estimate of drug-likeness (QED) is 0.540. The van der Waals surface area contributed by atoms with Gasteiger partial charge in [0.05, 0.1) is 0 Å². The van der Waals surface area contributed by atoms with Gasteiger partial charge in [0.2, 0.25) is 0 Å². The molecule has 0 atom stereocenters. The molecule has 0 aliphatic heterocycles. The van der Waals surface area contributed by atoms with Crippen LogP contribution >= 0.6 is 0 Å². The second-order valence-electron chi connectivity index (χ2n) is 3.99. The maximum absolute atomic E-state index is 7.96. The van der Waals surface area contributed by atoms with Crippen molar-refractivity contribution >= 4 is 16.7 Å². The molecule has 1 heterocycles. The van der Waals surface area contributed by atoms with Crippen LogP contribution in [0.2, 0.25) is 0 Å². The second kappa shape index (κ2) is 3.42. The van der Waals surface area contributed by atoms with Gasteiger partial charge >= 0.3 is 0 Å². The highest BCUT2D eigenvalue weighted by molar-refractivity contribution is 6.07. The molecule has 0 aliphatic carbocycles. The summed E-state index contributed by atoms with van der Waals surface area (Å²) < 4.78 is 0. The number of aromatic amines is 1. The molecule has 2 N–H and O–H groups in total. The molecule has 15 heavy (non-hydrogen) atoms. The summed E-state index contributed by atoms with van der Waals surface area (Å²) in [6, 6.07) is 6.23. The van der Waals surface area contributed by atoms with Crippen molar-refractivity contribution in [2.45, 2.75) is 6.92 Å². The molecule has 78 valence electrons. The Morgan fingerprint density at radius 2 is 2.07 bits per heavy atom. The summed E-state index contributed by atoms with van der Waals surface area (Å²) in [5.74, 6) is 0.534. The van der Waals surface area contributed by atoms with E-state index in [9.17, 15) is 0 Å². The molecule has 0 spiro atoms. The predicted octanol–water partition coefficient (Wildman–Crippen LogP) is 2.36. The monoisotopic (exact) mass is 201 g/mol. The van der Waals surface area contributed by atoms with E-state index in [-0.39, 0.29) is 0 Å². The first-order chi connectivity index (χ1) is 7.09. The van der Waals surface area contributed by atoms with Crippen LogP contribution in [-0.2, 0) is 0 Å².